The summed E-state index contributed by atoms with van der Waals surface area (Å²) in [5.74, 6) is 0.475. The fourth-order valence-corrected chi connectivity index (χ4v) is 2.84. The maximum atomic E-state index is 11.1. The Morgan fingerprint density at radius 2 is 2.27 bits per heavy atom. The third-order valence-electron chi connectivity index (χ3n) is 2.55. The molecule has 0 aromatic carbocycles. The molecule has 5 heteroatoms. The number of carbonyl (C=O) groups is 1. The predicted molar refractivity (Wildman–Crippen MR) is 61.5 cm³/mol. The zero-order valence-corrected chi connectivity index (χ0v) is 10.0. The number of amides is 1. The summed E-state index contributed by atoms with van der Waals surface area (Å²) < 4.78 is 0. The molecule has 0 aliphatic carbocycles. The van der Waals surface area contributed by atoms with E-state index in [9.17, 15) is 4.79 Å². The molecule has 1 atom stereocenters. The van der Waals surface area contributed by atoms with E-state index in [-0.39, 0.29) is 5.91 Å². The summed E-state index contributed by atoms with van der Waals surface area (Å²) in [4.78, 5) is 18.9. The molecule has 1 unspecified atom stereocenters. The van der Waals surface area contributed by atoms with Gasteiger partial charge in [0.15, 0.2) is 5.13 Å². The van der Waals surface area contributed by atoms with E-state index in [1.165, 1.54) is 4.88 Å². The Balaban J connectivity index is 2.24. The number of aryl methyl sites for hydroxylation is 1. The molecule has 4 nitrogen and oxygen atoms in total. The molecule has 1 aliphatic rings. The van der Waals surface area contributed by atoms with Gasteiger partial charge in [0.1, 0.15) is 0 Å². The summed E-state index contributed by atoms with van der Waals surface area (Å²) in [5.41, 5.74) is 1.06. The first-order chi connectivity index (χ1) is 7.08. The summed E-state index contributed by atoms with van der Waals surface area (Å²) in [6.45, 7) is 2.77. The molecule has 0 bridgehead atoms. The van der Waals surface area contributed by atoms with Crippen molar-refractivity contribution in [2.24, 2.45) is 0 Å². The van der Waals surface area contributed by atoms with E-state index in [1.54, 1.807) is 11.3 Å². The third-order valence-corrected chi connectivity index (χ3v) is 4.04. The smallest absolute Gasteiger partial charge is 0.220 e. The molecule has 82 valence electrons. The number of anilines is 1. The van der Waals surface area contributed by atoms with Crippen molar-refractivity contribution in [2.45, 2.75) is 19.3 Å². The van der Waals surface area contributed by atoms with Crippen LogP contribution in [-0.4, -0.2) is 31.5 Å². The van der Waals surface area contributed by atoms with Crippen LogP contribution in [0.15, 0.2) is 0 Å². The summed E-state index contributed by atoms with van der Waals surface area (Å²) >= 11 is 1.69. The number of nitrogens with one attached hydrogen (secondary N) is 1. The van der Waals surface area contributed by atoms with Gasteiger partial charge in [0.05, 0.1) is 5.69 Å². The Morgan fingerprint density at radius 3 is 2.73 bits per heavy atom. The van der Waals surface area contributed by atoms with E-state index >= 15 is 0 Å². The molecular formula is C10H15N3OS. The van der Waals surface area contributed by atoms with Crippen LogP contribution in [0.2, 0.25) is 0 Å². The lowest BCUT2D eigenvalue weighted by atomic mass is 10.1. The molecule has 1 amide bonds. The van der Waals surface area contributed by atoms with E-state index in [0.717, 1.165) is 17.4 Å². The molecule has 0 spiro atoms. The highest BCUT2D eigenvalue weighted by atomic mass is 32.1. The Bertz CT molecular complexity index is 386. The van der Waals surface area contributed by atoms with Gasteiger partial charge in [-0.3, -0.25) is 4.79 Å². The van der Waals surface area contributed by atoms with Gasteiger partial charge >= 0.3 is 0 Å². The second-order valence-electron chi connectivity index (χ2n) is 4.05. The van der Waals surface area contributed by atoms with Crippen molar-refractivity contribution in [1.29, 1.82) is 0 Å². The van der Waals surface area contributed by atoms with Crippen LogP contribution in [0.5, 0.6) is 0 Å². The lowest BCUT2D eigenvalue weighted by molar-refractivity contribution is -0.119. The number of nitrogens with zero attached hydrogens (tertiary/aromatic N) is 2. The van der Waals surface area contributed by atoms with Crippen molar-refractivity contribution < 1.29 is 4.79 Å². The third kappa shape index (κ3) is 1.97. The van der Waals surface area contributed by atoms with E-state index < -0.39 is 0 Å². The molecule has 2 rings (SSSR count). The second-order valence-corrected chi connectivity index (χ2v) is 5.05. The van der Waals surface area contributed by atoms with Crippen molar-refractivity contribution in [3.8, 4) is 0 Å². The fourth-order valence-electron chi connectivity index (χ4n) is 1.75. The molecule has 1 saturated heterocycles. The minimum atomic E-state index is 0.152. The van der Waals surface area contributed by atoms with Crippen LogP contribution in [0.1, 0.15) is 22.9 Å². The van der Waals surface area contributed by atoms with Gasteiger partial charge in [-0.25, -0.2) is 4.98 Å². The summed E-state index contributed by atoms with van der Waals surface area (Å²) in [6.07, 6.45) is 0.607. The molecule has 0 saturated carbocycles. The first kappa shape index (κ1) is 10.4. The molecular weight excluding hydrogens is 210 g/mol. The van der Waals surface area contributed by atoms with Crippen LogP contribution in [0.25, 0.3) is 0 Å². The molecule has 1 N–H and O–H groups in total. The van der Waals surface area contributed by atoms with E-state index in [2.05, 4.69) is 10.3 Å². The highest BCUT2D eigenvalue weighted by Gasteiger charge is 2.26. The number of aromatic nitrogens is 1. The largest absolute Gasteiger partial charge is 0.355 e. The predicted octanol–water partition coefficient (Wildman–Crippen LogP) is 1.12. The van der Waals surface area contributed by atoms with Gasteiger partial charge in [-0.15, -0.1) is 11.3 Å². The highest BCUT2D eigenvalue weighted by molar-refractivity contribution is 7.15. The van der Waals surface area contributed by atoms with Gasteiger partial charge in [-0.2, -0.15) is 0 Å². The van der Waals surface area contributed by atoms with Crippen LogP contribution in [0.3, 0.4) is 0 Å². The first-order valence-corrected chi connectivity index (χ1v) is 5.81. The van der Waals surface area contributed by atoms with Crippen molar-refractivity contribution in [1.82, 2.24) is 10.3 Å². The van der Waals surface area contributed by atoms with Gasteiger partial charge in [0, 0.05) is 37.9 Å². The summed E-state index contributed by atoms with van der Waals surface area (Å²) in [7, 11) is 3.97. The number of hydrogen-bond acceptors (Lipinski definition) is 4. The normalized spacial score (nSPS) is 20.5. The molecule has 1 aromatic heterocycles. The maximum Gasteiger partial charge on any atom is 0.220 e. The van der Waals surface area contributed by atoms with Gasteiger partial charge in [-0.1, -0.05) is 0 Å². The Morgan fingerprint density at radius 1 is 1.53 bits per heavy atom. The molecule has 1 fully saturated rings. The zero-order chi connectivity index (χ0) is 11.0. The standard InChI is InChI=1S/C10H15N3OS/c1-6-9(7-4-8(14)11-5-7)15-10(12-6)13(2)3/h7H,4-5H2,1-3H3,(H,11,14). The van der Waals surface area contributed by atoms with Crippen LogP contribution < -0.4 is 10.2 Å². The molecule has 0 radical (unpaired) electrons. The Kier molecular flexibility index (Phi) is 2.65. The SMILES string of the molecule is Cc1nc(N(C)C)sc1C1CNC(=O)C1. The molecule has 2 heterocycles. The lowest BCUT2D eigenvalue weighted by Gasteiger charge is -2.06. The van der Waals surface area contributed by atoms with Crippen LogP contribution in [0, 0.1) is 6.92 Å². The van der Waals surface area contributed by atoms with Gasteiger partial charge in [0.25, 0.3) is 0 Å². The number of hydrogen-bond donors (Lipinski definition) is 1. The van der Waals surface area contributed by atoms with Crippen LogP contribution in [0.4, 0.5) is 5.13 Å². The Hall–Kier alpha value is -1.10. The van der Waals surface area contributed by atoms with Gasteiger partial charge in [-0.05, 0) is 6.92 Å². The van der Waals surface area contributed by atoms with Crippen molar-refractivity contribution in [3.63, 3.8) is 0 Å². The minimum absolute atomic E-state index is 0.152. The average Bonchev–Trinajstić information content (AvgIpc) is 2.71. The van der Waals surface area contributed by atoms with Crippen molar-refractivity contribution >= 4 is 22.4 Å². The molecule has 1 aromatic rings. The molecule has 1 aliphatic heterocycles. The summed E-state index contributed by atoms with van der Waals surface area (Å²) in [6, 6.07) is 0. The quantitative estimate of drug-likeness (QED) is 0.820. The lowest BCUT2D eigenvalue weighted by Crippen LogP contribution is -2.13. The first-order valence-electron chi connectivity index (χ1n) is 4.99. The Labute approximate surface area is 93.3 Å². The topological polar surface area (TPSA) is 45.2 Å². The van der Waals surface area contributed by atoms with Crippen molar-refractivity contribution in [2.75, 3.05) is 25.5 Å². The zero-order valence-electron chi connectivity index (χ0n) is 9.20. The summed E-state index contributed by atoms with van der Waals surface area (Å²) in [5, 5.41) is 3.88. The van der Waals surface area contributed by atoms with Crippen LogP contribution >= 0.6 is 11.3 Å². The monoisotopic (exact) mass is 225 g/mol. The van der Waals surface area contributed by atoms with Crippen molar-refractivity contribution in [3.05, 3.63) is 10.6 Å². The fraction of sp³-hybridized carbons (Fsp3) is 0.600. The second kappa shape index (κ2) is 3.81. The van der Waals surface area contributed by atoms with Gasteiger partial charge in [0.2, 0.25) is 5.91 Å². The average molecular weight is 225 g/mol. The number of rotatable bonds is 2. The molecule has 15 heavy (non-hydrogen) atoms. The number of thiazole rings is 1. The van der Waals surface area contributed by atoms with Crippen LogP contribution in [-0.2, 0) is 4.79 Å². The number of carbonyl (C=O) groups excluding carboxylic acids is 1. The van der Waals surface area contributed by atoms with E-state index in [4.69, 9.17) is 0 Å². The van der Waals surface area contributed by atoms with E-state index in [0.29, 0.717) is 12.3 Å². The van der Waals surface area contributed by atoms with E-state index in [1.807, 2.05) is 25.9 Å². The highest BCUT2D eigenvalue weighted by Crippen LogP contribution is 2.34. The minimum Gasteiger partial charge on any atom is -0.355 e. The maximum absolute atomic E-state index is 11.1. The van der Waals surface area contributed by atoms with Gasteiger partial charge < -0.3 is 10.2 Å².